The number of benzene rings is 2. The fourth-order valence-corrected chi connectivity index (χ4v) is 1.92. The molecule has 0 aliphatic heterocycles. The molecule has 0 aromatic heterocycles. The van der Waals surface area contributed by atoms with Gasteiger partial charge in [-0.05, 0) is 29.3 Å². The molecule has 0 atom stereocenters. The topological polar surface area (TPSA) is 88.6 Å². The summed E-state index contributed by atoms with van der Waals surface area (Å²) >= 11 is 0. The lowest BCUT2D eigenvalue weighted by Gasteiger charge is -2.12. The zero-order valence-electron chi connectivity index (χ0n) is 11.8. The number of aliphatic hydroxyl groups excluding tert-OH is 1. The van der Waals surface area contributed by atoms with Crippen molar-refractivity contribution in [2.75, 3.05) is 7.11 Å². The van der Waals surface area contributed by atoms with Gasteiger partial charge in [0.2, 0.25) is 0 Å². The third-order valence-electron chi connectivity index (χ3n) is 3.04. The first-order chi connectivity index (χ1) is 10.1. The molecule has 2 aromatic rings. The van der Waals surface area contributed by atoms with Crippen LogP contribution in [0.1, 0.15) is 16.7 Å². The van der Waals surface area contributed by atoms with Crippen LogP contribution in [0.3, 0.4) is 0 Å². The van der Waals surface area contributed by atoms with Gasteiger partial charge in [0.05, 0.1) is 13.7 Å². The molecule has 2 aromatic carbocycles. The minimum atomic E-state index is -0.0443. The molecule has 0 aliphatic rings. The van der Waals surface area contributed by atoms with Crippen molar-refractivity contribution in [1.82, 2.24) is 0 Å². The molecule has 0 saturated heterocycles. The second-order valence-corrected chi connectivity index (χ2v) is 4.55. The number of hydrogen-bond acceptors (Lipinski definition) is 4. The molecule has 2 rings (SSSR count). The summed E-state index contributed by atoms with van der Waals surface area (Å²) < 4.78 is 11.0. The van der Waals surface area contributed by atoms with Crippen molar-refractivity contribution in [2.24, 2.45) is 5.73 Å². The Morgan fingerprint density at radius 2 is 1.95 bits per heavy atom. The Hall–Kier alpha value is -2.53. The van der Waals surface area contributed by atoms with Crippen LogP contribution in [-0.4, -0.2) is 18.1 Å². The van der Waals surface area contributed by atoms with Gasteiger partial charge in [-0.1, -0.05) is 24.3 Å². The van der Waals surface area contributed by atoms with Crippen LogP contribution < -0.4 is 15.2 Å². The van der Waals surface area contributed by atoms with Crippen molar-refractivity contribution in [3.63, 3.8) is 0 Å². The molecule has 21 heavy (non-hydrogen) atoms. The maximum atomic E-state index is 9.11. The van der Waals surface area contributed by atoms with Crippen LogP contribution >= 0.6 is 0 Å². The van der Waals surface area contributed by atoms with E-state index < -0.39 is 0 Å². The van der Waals surface area contributed by atoms with Gasteiger partial charge < -0.3 is 20.3 Å². The van der Waals surface area contributed by atoms with Gasteiger partial charge in [0.15, 0.2) is 11.5 Å². The minimum Gasteiger partial charge on any atom is -0.493 e. The number of nitrogens with two attached hydrogens (primary N) is 1. The number of nitrogens with one attached hydrogen (secondary N) is 1. The van der Waals surface area contributed by atoms with E-state index in [0.717, 1.165) is 11.1 Å². The van der Waals surface area contributed by atoms with E-state index in [0.29, 0.717) is 23.7 Å². The van der Waals surface area contributed by atoms with Gasteiger partial charge in [-0.3, -0.25) is 5.41 Å². The van der Waals surface area contributed by atoms with E-state index >= 15 is 0 Å². The van der Waals surface area contributed by atoms with Crippen LogP contribution in [0.4, 0.5) is 0 Å². The number of aliphatic hydroxyl groups is 1. The van der Waals surface area contributed by atoms with Gasteiger partial charge in [-0.15, -0.1) is 0 Å². The molecule has 0 heterocycles. The Labute approximate surface area is 123 Å². The Bertz CT molecular complexity index is 641. The third kappa shape index (κ3) is 3.73. The lowest BCUT2D eigenvalue weighted by Crippen LogP contribution is -2.11. The molecule has 0 unspecified atom stereocenters. The van der Waals surface area contributed by atoms with Crippen LogP contribution in [0.25, 0.3) is 0 Å². The van der Waals surface area contributed by atoms with E-state index in [1.807, 2.05) is 18.2 Å². The Kier molecular flexibility index (Phi) is 4.79. The molecule has 0 amide bonds. The molecule has 5 heteroatoms. The highest BCUT2D eigenvalue weighted by molar-refractivity contribution is 5.95. The number of nitrogen functional groups attached to an aromatic ring is 1. The Balaban J connectivity index is 2.12. The van der Waals surface area contributed by atoms with Crippen LogP contribution in [-0.2, 0) is 13.2 Å². The van der Waals surface area contributed by atoms with Crippen molar-refractivity contribution < 1.29 is 14.6 Å². The second-order valence-electron chi connectivity index (χ2n) is 4.55. The van der Waals surface area contributed by atoms with E-state index in [1.165, 1.54) is 0 Å². The first kappa shape index (κ1) is 14.9. The molecule has 5 nitrogen and oxygen atoms in total. The molecule has 0 radical (unpaired) electrons. The highest BCUT2D eigenvalue weighted by Crippen LogP contribution is 2.28. The summed E-state index contributed by atoms with van der Waals surface area (Å²) in [5, 5.41) is 16.5. The van der Waals surface area contributed by atoms with E-state index in [1.54, 1.807) is 31.4 Å². The molecule has 0 spiro atoms. The lowest BCUT2D eigenvalue weighted by atomic mass is 10.1. The zero-order valence-corrected chi connectivity index (χ0v) is 11.8. The third-order valence-corrected chi connectivity index (χ3v) is 3.04. The van der Waals surface area contributed by atoms with Crippen molar-refractivity contribution in [2.45, 2.75) is 13.2 Å². The predicted octanol–water partition coefficient (Wildman–Crippen LogP) is 2.05. The maximum absolute atomic E-state index is 9.11. The summed E-state index contributed by atoms with van der Waals surface area (Å²) in [6, 6.07) is 12.6. The fourth-order valence-electron chi connectivity index (χ4n) is 1.92. The summed E-state index contributed by atoms with van der Waals surface area (Å²) in [5.41, 5.74) is 7.81. The first-order valence-corrected chi connectivity index (χ1v) is 6.48. The highest BCUT2D eigenvalue weighted by atomic mass is 16.5. The highest BCUT2D eigenvalue weighted by Gasteiger charge is 2.06. The molecule has 0 saturated carbocycles. The molecule has 0 aliphatic carbocycles. The minimum absolute atomic E-state index is 0.0294. The van der Waals surface area contributed by atoms with Gasteiger partial charge in [0.25, 0.3) is 0 Å². The first-order valence-electron chi connectivity index (χ1n) is 6.48. The molecule has 110 valence electrons. The van der Waals surface area contributed by atoms with Crippen molar-refractivity contribution in [3.8, 4) is 11.5 Å². The summed E-state index contributed by atoms with van der Waals surface area (Å²) in [7, 11) is 1.56. The van der Waals surface area contributed by atoms with E-state index in [-0.39, 0.29) is 12.4 Å². The lowest BCUT2D eigenvalue weighted by molar-refractivity contribution is 0.274. The molecule has 0 bridgehead atoms. The summed E-state index contributed by atoms with van der Waals surface area (Å²) in [4.78, 5) is 0. The summed E-state index contributed by atoms with van der Waals surface area (Å²) in [6.07, 6.45) is 0. The quantitative estimate of drug-likeness (QED) is 0.560. The van der Waals surface area contributed by atoms with E-state index in [4.69, 9.17) is 25.7 Å². The van der Waals surface area contributed by atoms with E-state index in [2.05, 4.69) is 0 Å². The standard InChI is InChI=1S/C16H18N2O3/c1-20-15-8-11(9-19)5-6-14(15)21-10-12-3-2-4-13(7-12)16(17)18/h2-8,19H,9-10H2,1H3,(H3,17,18). The Morgan fingerprint density at radius 1 is 1.14 bits per heavy atom. The van der Waals surface area contributed by atoms with Gasteiger partial charge in [-0.25, -0.2) is 0 Å². The van der Waals surface area contributed by atoms with Gasteiger partial charge >= 0.3 is 0 Å². The maximum Gasteiger partial charge on any atom is 0.161 e. The van der Waals surface area contributed by atoms with Crippen LogP contribution in [0.5, 0.6) is 11.5 Å². The molecular formula is C16H18N2O3. The average Bonchev–Trinajstić information content (AvgIpc) is 2.53. The predicted molar refractivity (Wildman–Crippen MR) is 80.7 cm³/mol. The summed E-state index contributed by atoms with van der Waals surface area (Å²) in [5.74, 6) is 1.20. The molecular weight excluding hydrogens is 268 g/mol. The molecule has 4 N–H and O–H groups in total. The number of ether oxygens (including phenoxy) is 2. The monoisotopic (exact) mass is 286 g/mol. The largest absolute Gasteiger partial charge is 0.493 e. The van der Waals surface area contributed by atoms with E-state index in [9.17, 15) is 0 Å². The van der Waals surface area contributed by atoms with Gasteiger partial charge in [0.1, 0.15) is 12.4 Å². The average molecular weight is 286 g/mol. The normalized spacial score (nSPS) is 10.2. The van der Waals surface area contributed by atoms with Gasteiger partial charge in [0, 0.05) is 5.56 Å². The number of rotatable bonds is 6. The van der Waals surface area contributed by atoms with Gasteiger partial charge in [-0.2, -0.15) is 0 Å². The van der Waals surface area contributed by atoms with Crippen LogP contribution in [0, 0.1) is 5.41 Å². The Morgan fingerprint density at radius 3 is 2.62 bits per heavy atom. The SMILES string of the molecule is COc1cc(CO)ccc1OCc1cccc(C(=N)N)c1. The number of amidine groups is 1. The second kappa shape index (κ2) is 6.76. The number of methoxy groups -OCH3 is 1. The van der Waals surface area contributed by atoms with Crippen molar-refractivity contribution >= 4 is 5.84 Å². The molecule has 0 fully saturated rings. The summed E-state index contributed by atoms with van der Waals surface area (Å²) in [6.45, 7) is 0.299. The van der Waals surface area contributed by atoms with Crippen molar-refractivity contribution in [1.29, 1.82) is 5.41 Å². The van der Waals surface area contributed by atoms with Crippen molar-refractivity contribution in [3.05, 3.63) is 59.2 Å². The zero-order chi connectivity index (χ0) is 15.2. The van der Waals surface area contributed by atoms with Crippen LogP contribution in [0.2, 0.25) is 0 Å². The fraction of sp³-hybridized carbons (Fsp3) is 0.188. The van der Waals surface area contributed by atoms with Crippen LogP contribution in [0.15, 0.2) is 42.5 Å². The number of hydrogen-bond donors (Lipinski definition) is 3. The smallest absolute Gasteiger partial charge is 0.161 e.